The molecule has 0 fully saturated rings. The zero-order valence-electron chi connectivity index (χ0n) is 9.31. The number of fused-ring (bicyclic) bond motifs is 1. The number of hydrogen-bond acceptors (Lipinski definition) is 4. The molecular formula is C12H10ClN3OS. The van der Waals surface area contributed by atoms with Gasteiger partial charge in [0.15, 0.2) is 5.13 Å². The van der Waals surface area contributed by atoms with E-state index < -0.39 is 0 Å². The van der Waals surface area contributed by atoms with Gasteiger partial charge in [0.05, 0.1) is 4.88 Å². The summed E-state index contributed by atoms with van der Waals surface area (Å²) in [5.41, 5.74) is 6.76. The highest BCUT2D eigenvalue weighted by atomic mass is 35.5. The first-order chi connectivity index (χ1) is 8.63. The molecule has 1 aromatic heterocycles. The average Bonchev–Trinajstić information content (AvgIpc) is 2.69. The van der Waals surface area contributed by atoms with Crippen LogP contribution in [0.1, 0.15) is 22.8 Å². The van der Waals surface area contributed by atoms with Crippen LogP contribution in [0.15, 0.2) is 24.3 Å². The molecule has 1 amide bonds. The van der Waals surface area contributed by atoms with Gasteiger partial charge in [-0.15, -0.1) is 0 Å². The molecule has 3 N–H and O–H groups in total. The average molecular weight is 280 g/mol. The third-order valence-electron chi connectivity index (χ3n) is 2.91. The van der Waals surface area contributed by atoms with Crippen molar-refractivity contribution in [3.8, 4) is 0 Å². The van der Waals surface area contributed by atoms with E-state index in [9.17, 15) is 4.79 Å². The minimum Gasteiger partial charge on any atom is -0.375 e. The van der Waals surface area contributed by atoms with Gasteiger partial charge < -0.3 is 11.1 Å². The number of thiazole rings is 1. The van der Waals surface area contributed by atoms with Crippen molar-refractivity contribution >= 4 is 39.8 Å². The lowest BCUT2D eigenvalue weighted by Crippen LogP contribution is -2.22. The van der Waals surface area contributed by atoms with Crippen LogP contribution in [0.25, 0.3) is 0 Å². The van der Waals surface area contributed by atoms with Crippen LogP contribution in [0, 0.1) is 0 Å². The lowest BCUT2D eigenvalue weighted by molar-refractivity contribution is -0.116. The predicted octanol–water partition coefficient (Wildman–Crippen LogP) is 2.85. The molecule has 0 saturated heterocycles. The number of benzene rings is 1. The fourth-order valence-corrected chi connectivity index (χ4v) is 3.14. The van der Waals surface area contributed by atoms with E-state index in [1.165, 1.54) is 11.3 Å². The second-order valence-corrected chi connectivity index (χ2v) is 5.62. The molecule has 1 unspecified atom stereocenters. The Kier molecular flexibility index (Phi) is 2.72. The van der Waals surface area contributed by atoms with Crippen molar-refractivity contribution in [3.05, 3.63) is 39.7 Å². The van der Waals surface area contributed by atoms with Crippen LogP contribution in [0.4, 0.5) is 10.9 Å². The lowest BCUT2D eigenvalue weighted by atomic mass is 9.92. The normalized spacial score (nSPS) is 18.3. The SMILES string of the molecule is Nc1nc2c(s1)C(c1ccc(Cl)cc1)CC(=O)N2. The van der Waals surface area contributed by atoms with E-state index >= 15 is 0 Å². The number of halogens is 1. The Bertz CT molecular complexity index is 608. The van der Waals surface area contributed by atoms with E-state index in [-0.39, 0.29) is 11.8 Å². The Labute approximate surface area is 113 Å². The first-order valence-corrected chi connectivity index (χ1v) is 6.64. The second-order valence-electron chi connectivity index (χ2n) is 4.12. The molecule has 0 radical (unpaired) electrons. The Hall–Kier alpha value is -1.59. The van der Waals surface area contributed by atoms with Gasteiger partial charge in [0.1, 0.15) is 5.82 Å². The summed E-state index contributed by atoms with van der Waals surface area (Å²) in [6.45, 7) is 0. The number of amides is 1. The van der Waals surface area contributed by atoms with Crippen molar-refractivity contribution < 1.29 is 4.79 Å². The van der Waals surface area contributed by atoms with Gasteiger partial charge >= 0.3 is 0 Å². The lowest BCUT2D eigenvalue weighted by Gasteiger charge is -2.21. The van der Waals surface area contributed by atoms with Gasteiger partial charge in [-0.2, -0.15) is 0 Å². The summed E-state index contributed by atoms with van der Waals surface area (Å²) in [6.07, 6.45) is 0.413. The summed E-state index contributed by atoms with van der Waals surface area (Å²) in [6, 6.07) is 7.53. The highest BCUT2D eigenvalue weighted by Gasteiger charge is 2.29. The molecule has 4 nitrogen and oxygen atoms in total. The van der Waals surface area contributed by atoms with E-state index in [1.807, 2.05) is 24.3 Å². The number of nitrogens with one attached hydrogen (secondary N) is 1. The number of nitrogens with zero attached hydrogens (tertiary/aromatic N) is 1. The van der Waals surface area contributed by atoms with Gasteiger partial charge in [0.25, 0.3) is 0 Å². The van der Waals surface area contributed by atoms with Crippen LogP contribution in [-0.2, 0) is 4.79 Å². The van der Waals surface area contributed by atoms with Gasteiger partial charge in [-0.3, -0.25) is 4.79 Å². The van der Waals surface area contributed by atoms with Crippen molar-refractivity contribution in [2.75, 3.05) is 11.1 Å². The van der Waals surface area contributed by atoms with Crippen molar-refractivity contribution in [3.63, 3.8) is 0 Å². The van der Waals surface area contributed by atoms with Crippen LogP contribution >= 0.6 is 22.9 Å². The maximum atomic E-state index is 11.7. The van der Waals surface area contributed by atoms with E-state index in [2.05, 4.69) is 10.3 Å². The van der Waals surface area contributed by atoms with Crippen LogP contribution < -0.4 is 11.1 Å². The zero-order valence-corrected chi connectivity index (χ0v) is 10.9. The zero-order chi connectivity index (χ0) is 12.7. The fourth-order valence-electron chi connectivity index (χ4n) is 2.10. The van der Waals surface area contributed by atoms with Gasteiger partial charge in [0.2, 0.25) is 5.91 Å². The van der Waals surface area contributed by atoms with Gasteiger partial charge in [-0.1, -0.05) is 35.1 Å². The summed E-state index contributed by atoms with van der Waals surface area (Å²) in [4.78, 5) is 16.8. The van der Waals surface area contributed by atoms with Gasteiger partial charge in [-0.05, 0) is 17.7 Å². The third kappa shape index (κ3) is 1.95. The monoisotopic (exact) mass is 279 g/mol. The molecule has 1 aliphatic heterocycles. The molecule has 6 heteroatoms. The highest BCUT2D eigenvalue weighted by molar-refractivity contribution is 7.16. The van der Waals surface area contributed by atoms with E-state index in [4.69, 9.17) is 17.3 Å². The van der Waals surface area contributed by atoms with Crippen LogP contribution in [0.3, 0.4) is 0 Å². The van der Waals surface area contributed by atoms with E-state index in [1.54, 1.807) is 0 Å². The van der Waals surface area contributed by atoms with E-state index in [0.717, 1.165) is 10.4 Å². The molecular weight excluding hydrogens is 270 g/mol. The first-order valence-electron chi connectivity index (χ1n) is 5.45. The predicted molar refractivity (Wildman–Crippen MR) is 73.1 cm³/mol. The van der Waals surface area contributed by atoms with Crippen molar-refractivity contribution in [1.82, 2.24) is 4.98 Å². The van der Waals surface area contributed by atoms with Crippen molar-refractivity contribution in [2.24, 2.45) is 0 Å². The summed E-state index contributed by atoms with van der Waals surface area (Å²) in [5, 5.41) is 3.90. The Morgan fingerprint density at radius 2 is 2.11 bits per heavy atom. The quantitative estimate of drug-likeness (QED) is 0.843. The number of aromatic nitrogens is 1. The second kappa shape index (κ2) is 4.26. The van der Waals surface area contributed by atoms with Crippen LogP contribution in [0.2, 0.25) is 5.02 Å². The Morgan fingerprint density at radius 3 is 2.83 bits per heavy atom. The Balaban J connectivity index is 2.06. The number of anilines is 2. The number of carbonyl (C=O) groups is 1. The van der Waals surface area contributed by atoms with Crippen molar-refractivity contribution in [1.29, 1.82) is 0 Å². The standard InChI is InChI=1S/C12H10ClN3OS/c13-7-3-1-6(2-4-7)8-5-9(17)15-11-10(8)18-12(14)16-11/h1-4,8H,5H2,(H2,14,16)(H,15,17). The van der Waals surface area contributed by atoms with E-state index in [0.29, 0.717) is 22.4 Å². The summed E-state index contributed by atoms with van der Waals surface area (Å²) >= 11 is 7.29. The molecule has 92 valence electrons. The van der Waals surface area contributed by atoms with Crippen LogP contribution in [0.5, 0.6) is 0 Å². The van der Waals surface area contributed by atoms with Crippen LogP contribution in [-0.4, -0.2) is 10.9 Å². The molecule has 1 aliphatic rings. The third-order valence-corrected chi connectivity index (χ3v) is 4.16. The number of carbonyl (C=O) groups excluding carboxylic acids is 1. The van der Waals surface area contributed by atoms with Crippen molar-refractivity contribution in [2.45, 2.75) is 12.3 Å². The number of nitrogens with two attached hydrogens (primary N) is 1. The summed E-state index contributed by atoms with van der Waals surface area (Å²) in [5.74, 6) is 0.572. The molecule has 1 atom stereocenters. The highest BCUT2D eigenvalue weighted by Crippen LogP contribution is 2.41. The molecule has 0 bridgehead atoms. The smallest absolute Gasteiger partial charge is 0.226 e. The number of rotatable bonds is 1. The first kappa shape index (κ1) is 11.5. The maximum Gasteiger partial charge on any atom is 0.226 e. The molecule has 0 spiro atoms. The molecule has 0 saturated carbocycles. The molecule has 2 aromatic rings. The summed E-state index contributed by atoms with van der Waals surface area (Å²) in [7, 11) is 0. The van der Waals surface area contributed by atoms with Gasteiger partial charge in [0, 0.05) is 17.4 Å². The topological polar surface area (TPSA) is 68.0 Å². The fraction of sp³-hybridized carbons (Fsp3) is 0.167. The minimum absolute atomic E-state index is 0.0146. The maximum absolute atomic E-state index is 11.7. The summed E-state index contributed by atoms with van der Waals surface area (Å²) < 4.78 is 0. The number of nitrogen functional groups attached to an aromatic ring is 1. The molecule has 2 heterocycles. The Morgan fingerprint density at radius 1 is 1.39 bits per heavy atom. The molecule has 0 aliphatic carbocycles. The largest absolute Gasteiger partial charge is 0.375 e. The molecule has 3 rings (SSSR count). The van der Waals surface area contributed by atoms with Gasteiger partial charge in [-0.25, -0.2) is 4.98 Å². The number of hydrogen-bond donors (Lipinski definition) is 2. The minimum atomic E-state index is -0.0345. The molecule has 18 heavy (non-hydrogen) atoms. The molecule has 1 aromatic carbocycles.